The van der Waals surface area contributed by atoms with Crippen LogP contribution in [-0.4, -0.2) is 96.6 Å². The zero-order valence-electron chi connectivity index (χ0n) is 29.4. The molecule has 1 aliphatic carbocycles. The van der Waals surface area contributed by atoms with Crippen molar-refractivity contribution in [2.45, 2.75) is 38.7 Å². The summed E-state index contributed by atoms with van der Waals surface area (Å²) in [6.45, 7) is 11.7. The molecule has 0 unspecified atom stereocenters. The van der Waals surface area contributed by atoms with Crippen molar-refractivity contribution in [3.8, 4) is 22.8 Å². The highest BCUT2D eigenvalue weighted by atomic mass is 35.5. The normalized spacial score (nSPS) is 16.4. The number of piperazine rings is 1. The molecule has 0 N–H and O–H groups in total. The molecule has 0 amide bonds. The molecule has 6 rings (SSSR count). The average Bonchev–Trinajstić information content (AvgIpc) is 3.91. The first kappa shape index (κ1) is 36.3. The quantitative estimate of drug-likeness (QED) is 0.0760. The molecule has 2 aliphatic rings. The molecule has 2 fully saturated rings. The number of rotatable bonds is 16. The summed E-state index contributed by atoms with van der Waals surface area (Å²) < 4.78 is 40.0. The Morgan fingerprint density at radius 3 is 2.65 bits per heavy atom. The van der Waals surface area contributed by atoms with Gasteiger partial charge in [0.05, 0.1) is 18.7 Å². The molecule has 1 aliphatic heterocycles. The van der Waals surface area contributed by atoms with Gasteiger partial charge in [0.25, 0.3) is 0 Å². The number of ether oxygens (including phenoxy) is 4. The molecule has 1 saturated heterocycles. The predicted octanol–water partition coefficient (Wildman–Crippen LogP) is 6.24. The Morgan fingerprint density at radius 1 is 1.12 bits per heavy atom. The first-order valence-corrected chi connectivity index (χ1v) is 17.7. The van der Waals surface area contributed by atoms with Crippen LogP contribution in [0.25, 0.3) is 16.6 Å². The maximum absolute atomic E-state index is 14.7. The summed E-state index contributed by atoms with van der Waals surface area (Å²) in [5.41, 5.74) is 4.37. The molecule has 270 valence electrons. The van der Waals surface area contributed by atoms with E-state index in [2.05, 4.69) is 33.5 Å². The van der Waals surface area contributed by atoms with E-state index in [1.807, 2.05) is 37.4 Å². The summed E-state index contributed by atoms with van der Waals surface area (Å²) in [6, 6.07) is 12.2. The zero-order chi connectivity index (χ0) is 35.9. The van der Waals surface area contributed by atoms with E-state index < -0.39 is 12.1 Å². The number of allylic oxidation sites excluding steroid dienone is 2. The molecule has 0 bridgehead atoms. The lowest BCUT2D eigenvalue weighted by atomic mass is 9.96. The van der Waals surface area contributed by atoms with Gasteiger partial charge in [0.15, 0.2) is 0 Å². The molecule has 1 saturated carbocycles. The Morgan fingerprint density at radius 2 is 1.90 bits per heavy atom. The Bertz CT molecular complexity index is 1890. The first-order valence-electron chi connectivity index (χ1n) is 17.4. The van der Waals surface area contributed by atoms with E-state index in [0.29, 0.717) is 46.8 Å². The third-order valence-electron chi connectivity index (χ3n) is 9.48. The van der Waals surface area contributed by atoms with E-state index in [0.717, 1.165) is 55.0 Å². The van der Waals surface area contributed by atoms with Crippen LogP contribution in [0.3, 0.4) is 0 Å². The Labute approximate surface area is 303 Å². The van der Waals surface area contributed by atoms with E-state index >= 15 is 0 Å². The summed E-state index contributed by atoms with van der Waals surface area (Å²) in [6.07, 6.45) is 6.57. The summed E-state index contributed by atoms with van der Waals surface area (Å²) >= 11 is 6.83. The lowest BCUT2D eigenvalue weighted by molar-refractivity contribution is -0.148. The van der Waals surface area contributed by atoms with E-state index in [-0.39, 0.29) is 24.5 Å². The van der Waals surface area contributed by atoms with Gasteiger partial charge in [0, 0.05) is 57.3 Å². The second kappa shape index (κ2) is 16.7. The standard InChI is InChI=1S/C39H45ClFN5O5/c1-5-34(49-19-18-45-16-14-44(3)15-17-45)33(40)21-29-20-30(41)12-13-31(29)32-23-46-37(26(32)2)38(42-25-43-46)51-36(39(47)48-4)22-28-8-6-7-9-35(28)50-24-27-10-11-27/h5-9,12-13,20,23,25,27,36H,1,10-11,14-19,21-22,24H2,2-4H3/b34-33-/t36-/m1/s1. The van der Waals surface area contributed by atoms with Gasteiger partial charge in [-0.2, -0.15) is 10.1 Å². The smallest absolute Gasteiger partial charge is 0.347 e. The van der Waals surface area contributed by atoms with Crippen LogP contribution in [-0.2, 0) is 27.1 Å². The van der Waals surface area contributed by atoms with E-state index in [1.165, 1.54) is 38.4 Å². The van der Waals surface area contributed by atoms with E-state index in [4.69, 9.17) is 30.5 Å². The minimum absolute atomic E-state index is 0.213. The van der Waals surface area contributed by atoms with Crippen molar-refractivity contribution < 1.29 is 28.1 Å². The van der Waals surface area contributed by atoms with Gasteiger partial charge in [-0.3, -0.25) is 4.90 Å². The number of aryl methyl sites for hydroxylation is 1. The summed E-state index contributed by atoms with van der Waals surface area (Å²) in [7, 11) is 3.45. The maximum Gasteiger partial charge on any atom is 0.347 e. The number of para-hydroxylation sites is 1. The van der Waals surface area contributed by atoms with E-state index in [1.54, 1.807) is 16.7 Å². The van der Waals surface area contributed by atoms with Crippen molar-refractivity contribution in [3.63, 3.8) is 0 Å². The number of carbonyl (C=O) groups is 1. The molecule has 0 spiro atoms. The molecule has 0 radical (unpaired) electrons. The van der Waals surface area contributed by atoms with Crippen molar-refractivity contribution in [1.82, 2.24) is 24.4 Å². The van der Waals surface area contributed by atoms with Crippen LogP contribution in [0.2, 0.25) is 0 Å². The SMILES string of the molecule is C=C/C(OCCN1CCN(C)CC1)=C(/Cl)Cc1cc(F)ccc1-c1cn2ncnc(O[C@H](Cc3ccccc3OCC3CC3)C(=O)OC)c2c1C. The van der Waals surface area contributed by atoms with Gasteiger partial charge < -0.3 is 23.8 Å². The lowest BCUT2D eigenvalue weighted by Crippen LogP contribution is -2.45. The minimum Gasteiger partial charge on any atom is -0.493 e. The van der Waals surface area contributed by atoms with Gasteiger partial charge in [-0.15, -0.1) is 0 Å². The maximum atomic E-state index is 14.7. The van der Waals surface area contributed by atoms with Crippen LogP contribution < -0.4 is 9.47 Å². The first-order chi connectivity index (χ1) is 24.7. The molecule has 10 nitrogen and oxygen atoms in total. The van der Waals surface area contributed by atoms with Crippen molar-refractivity contribution in [2.75, 3.05) is 60.1 Å². The number of benzene rings is 2. The number of hydrogen-bond donors (Lipinski definition) is 0. The van der Waals surface area contributed by atoms with Crippen molar-refractivity contribution >= 4 is 23.1 Å². The number of methoxy groups -OCH3 is 1. The van der Waals surface area contributed by atoms with Crippen LogP contribution >= 0.6 is 11.6 Å². The fraction of sp³-hybridized carbons (Fsp3) is 0.410. The monoisotopic (exact) mass is 717 g/mol. The largest absolute Gasteiger partial charge is 0.493 e. The number of likely N-dealkylation sites (N-methyl/N-ethyl adjacent to an activating group) is 1. The van der Waals surface area contributed by atoms with Gasteiger partial charge in [0.1, 0.15) is 35.8 Å². The van der Waals surface area contributed by atoms with Crippen LogP contribution in [0, 0.1) is 18.7 Å². The van der Waals surface area contributed by atoms with Crippen LogP contribution in [0.15, 0.2) is 78.4 Å². The second-order valence-corrected chi connectivity index (χ2v) is 13.6. The molecular weight excluding hydrogens is 673 g/mol. The van der Waals surface area contributed by atoms with Crippen molar-refractivity contribution in [1.29, 1.82) is 0 Å². The van der Waals surface area contributed by atoms with E-state index in [9.17, 15) is 9.18 Å². The molecule has 51 heavy (non-hydrogen) atoms. The summed E-state index contributed by atoms with van der Waals surface area (Å²) in [5.74, 6) is 1.04. The number of carbonyl (C=O) groups excluding carboxylic acids is 1. The minimum atomic E-state index is -1.00. The molecule has 2 aromatic heterocycles. The Kier molecular flexibility index (Phi) is 11.9. The highest BCUT2D eigenvalue weighted by Crippen LogP contribution is 2.36. The number of halogens is 2. The van der Waals surface area contributed by atoms with Crippen LogP contribution in [0.5, 0.6) is 11.6 Å². The number of hydrogen-bond acceptors (Lipinski definition) is 9. The summed E-state index contributed by atoms with van der Waals surface area (Å²) in [5, 5.41) is 4.85. The van der Waals surface area contributed by atoms with Gasteiger partial charge in [-0.1, -0.05) is 42.4 Å². The van der Waals surface area contributed by atoms with Gasteiger partial charge in [0.2, 0.25) is 12.0 Å². The number of fused-ring (bicyclic) bond motifs is 1. The molecule has 1 atom stereocenters. The fourth-order valence-electron chi connectivity index (χ4n) is 6.26. The number of aromatic nitrogens is 3. The predicted molar refractivity (Wildman–Crippen MR) is 195 cm³/mol. The third-order valence-corrected chi connectivity index (χ3v) is 9.80. The fourth-order valence-corrected chi connectivity index (χ4v) is 6.54. The van der Waals surface area contributed by atoms with Crippen molar-refractivity contribution in [3.05, 3.63) is 101 Å². The average molecular weight is 718 g/mol. The highest BCUT2D eigenvalue weighted by Gasteiger charge is 2.28. The highest BCUT2D eigenvalue weighted by molar-refractivity contribution is 6.30. The Balaban J connectivity index is 1.24. The van der Waals surface area contributed by atoms with Crippen molar-refractivity contribution in [2.24, 2.45) is 5.92 Å². The molecule has 3 heterocycles. The number of nitrogens with zero attached hydrogens (tertiary/aromatic N) is 5. The molecule has 4 aromatic rings. The van der Waals surface area contributed by atoms with Gasteiger partial charge >= 0.3 is 5.97 Å². The van der Waals surface area contributed by atoms with Gasteiger partial charge in [-0.25, -0.2) is 13.7 Å². The van der Waals surface area contributed by atoms with Gasteiger partial charge in [-0.05, 0) is 79.3 Å². The van der Waals surface area contributed by atoms with Crippen LogP contribution in [0.4, 0.5) is 4.39 Å². The topological polar surface area (TPSA) is 90.7 Å². The molecule has 12 heteroatoms. The number of esters is 1. The summed E-state index contributed by atoms with van der Waals surface area (Å²) in [4.78, 5) is 22.2. The Hall–Kier alpha value is -4.45. The molecule has 2 aromatic carbocycles. The second-order valence-electron chi connectivity index (χ2n) is 13.2. The lowest BCUT2D eigenvalue weighted by Gasteiger charge is -2.32. The zero-order valence-corrected chi connectivity index (χ0v) is 30.2. The molecular formula is C39H45ClFN5O5. The van der Waals surface area contributed by atoms with Crippen LogP contribution in [0.1, 0.15) is 29.5 Å². The third kappa shape index (κ3) is 9.08.